The van der Waals surface area contributed by atoms with E-state index in [-0.39, 0.29) is 0 Å². The van der Waals surface area contributed by atoms with E-state index in [1.54, 1.807) is 0 Å². The van der Waals surface area contributed by atoms with Gasteiger partial charge in [-0.15, -0.1) is 0 Å². The van der Waals surface area contributed by atoms with Crippen molar-refractivity contribution < 1.29 is 4.74 Å². The molecule has 0 saturated carbocycles. The highest BCUT2D eigenvalue weighted by Gasteiger charge is 2.09. The van der Waals surface area contributed by atoms with E-state index in [9.17, 15) is 0 Å². The summed E-state index contributed by atoms with van der Waals surface area (Å²) in [6, 6.07) is 17.0. The summed E-state index contributed by atoms with van der Waals surface area (Å²) in [4.78, 5) is 2.50. The van der Waals surface area contributed by atoms with Gasteiger partial charge in [0.1, 0.15) is 12.4 Å². The quantitative estimate of drug-likeness (QED) is 0.881. The average Bonchev–Trinajstić information content (AvgIpc) is 2.62. The molecule has 1 N–H and O–H groups in total. The second-order valence-corrected chi connectivity index (χ2v) is 6.29. The summed E-state index contributed by atoms with van der Waals surface area (Å²) in [5, 5.41) is 3.39. The van der Waals surface area contributed by atoms with Crippen LogP contribution >= 0.6 is 0 Å². The van der Waals surface area contributed by atoms with Crippen molar-refractivity contribution in [2.75, 3.05) is 32.8 Å². The fourth-order valence-corrected chi connectivity index (χ4v) is 2.82. The molecular formula is C21H26N2O. The highest BCUT2D eigenvalue weighted by Crippen LogP contribution is 2.12. The Morgan fingerprint density at radius 2 is 1.71 bits per heavy atom. The number of rotatable bonds is 6. The van der Waals surface area contributed by atoms with Gasteiger partial charge in [-0.05, 0) is 36.3 Å². The van der Waals surface area contributed by atoms with Gasteiger partial charge in [-0.25, -0.2) is 0 Å². The molecule has 2 aromatic rings. The van der Waals surface area contributed by atoms with Crippen LogP contribution in [0.15, 0.2) is 54.6 Å². The Morgan fingerprint density at radius 1 is 1.00 bits per heavy atom. The second kappa shape index (κ2) is 8.67. The Labute approximate surface area is 145 Å². The molecule has 3 heteroatoms. The smallest absolute Gasteiger partial charge is 0.119 e. The molecule has 2 aromatic carbocycles. The minimum atomic E-state index is 0.589. The number of ether oxygens (including phenoxy) is 1. The van der Waals surface area contributed by atoms with Crippen LogP contribution in [-0.4, -0.2) is 37.7 Å². The van der Waals surface area contributed by atoms with Gasteiger partial charge in [-0.1, -0.05) is 48.0 Å². The zero-order valence-electron chi connectivity index (χ0n) is 14.4. The van der Waals surface area contributed by atoms with Crippen molar-refractivity contribution in [3.05, 3.63) is 71.3 Å². The van der Waals surface area contributed by atoms with E-state index < -0.39 is 0 Å². The van der Waals surface area contributed by atoms with Gasteiger partial charge < -0.3 is 10.1 Å². The van der Waals surface area contributed by atoms with E-state index >= 15 is 0 Å². The zero-order chi connectivity index (χ0) is 16.6. The van der Waals surface area contributed by atoms with Crippen LogP contribution in [0, 0.1) is 6.92 Å². The molecule has 1 fully saturated rings. The summed E-state index contributed by atoms with van der Waals surface area (Å²) in [6.07, 6.45) is 4.17. The normalized spacial score (nSPS) is 15.7. The Kier molecular flexibility index (Phi) is 6.05. The minimum absolute atomic E-state index is 0.589. The molecule has 0 atom stereocenters. The van der Waals surface area contributed by atoms with E-state index in [0.717, 1.165) is 38.5 Å². The van der Waals surface area contributed by atoms with Gasteiger partial charge in [0.25, 0.3) is 0 Å². The molecule has 126 valence electrons. The first kappa shape index (κ1) is 16.7. The molecule has 0 radical (unpaired) electrons. The van der Waals surface area contributed by atoms with E-state index in [0.29, 0.717) is 6.61 Å². The first-order valence-corrected chi connectivity index (χ1v) is 8.68. The van der Waals surface area contributed by atoms with Crippen molar-refractivity contribution in [2.45, 2.75) is 13.5 Å². The molecule has 3 nitrogen and oxygen atoms in total. The van der Waals surface area contributed by atoms with Crippen LogP contribution in [-0.2, 0) is 6.54 Å². The molecule has 1 saturated heterocycles. The molecule has 3 rings (SSSR count). The van der Waals surface area contributed by atoms with Gasteiger partial charge >= 0.3 is 0 Å². The molecular weight excluding hydrogens is 296 g/mol. The van der Waals surface area contributed by atoms with Crippen molar-refractivity contribution in [1.29, 1.82) is 0 Å². The third-order valence-electron chi connectivity index (χ3n) is 4.27. The molecule has 24 heavy (non-hydrogen) atoms. The first-order valence-electron chi connectivity index (χ1n) is 8.68. The predicted octanol–water partition coefficient (Wildman–Crippen LogP) is 3.49. The monoisotopic (exact) mass is 322 g/mol. The van der Waals surface area contributed by atoms with Crippen molar-refractivity contribution in [1.82, 2.24) is 10.2 Å². The summed E-state index contributed by atoms with van der Waals surface area (Å²) in [5.74, 6) is 0.914. The van der Waals surface area contributed by atoms with E-state index in [4.69, 9.17) is 4.74 Å². The first-order chi connectivity index (χ1) is 11.8. The van der Waals surface area contributed by atoms with Gasteiger partial charge in [0.2, 0.25) is 0 Å². The summed E-state index contributed by atoms with van der Waals surface area (Å²) < 4.78 is 5.71. The maximum absolute atomic E-state index is 5.71. The number of hydrogen-bond acceptors (Lipinski definition) is 3. The van der Waals surface area contributed by atoms with Gasteiger partial charge in [0.15, 0.2) is 0 Å². The number of piperazine rings is 1. The SMILES string of the molecule is Cc1ccc(OC/C=C/c2ccc(CN3CCNCC3)cc2)cc1. The van der Waals surface area contributed by atoms with Crippen LogP contribution in [0.4, 0.5) is 0 Å². The second-order valence-electron chi connectivity index (χ2n) is 6.29. The zero-order valence-corrected chi connectivity index (χ0v) is 14.4. The Bertz CT molecular complexity index is 641. The van der Waals surface area contributed by atoms with Gasteiger partial charge in [-0.2, -0.15) is 0 Å². The van der Waals surface area contributed by atoms with Crippen molar-refractivity contribution in [3.63, 3.8) is 0 Å². The molecule has 0 amide bonds. The fraction of sp³-hybridized carbons (Fsp3) is 0.333. The lowest BCUT2D eigenvalue weighted by Gasteiger charge is -2.27. The fourth-order valence-electron chi connectivity index (χ4n) is 2.82. The van der Waals surface area contributed by atoms with E-state index in [1.165, 1.54) is 16.7 Å². The summed E-state index contributed by atoms with van der Waals surface area (Å²) in [6.45, 7) is 8.18. The standard InChI is InChI=1S/C21H26N2O/c1-18-4-10-21(11-5-18)24-16-2-3-19-6-8-20(9-7-19)17-23-14-12-22-13-15-23/h2-11,22H,12-17H2,1H3/b3-2+. The molecule has 0 spiro atoms. The van der Waals surface area contributed by atoms with Crippen LogP contribution in [0.5, 0.6) is 5.75 Å². The summed E-state index contributed by atoms with van der Waals surface area (Å²) in [5.41, 5.74) is 3.84. The summed E-state index contributed by atoms with van der Waals surface area (Å²) >= 11 is 0. The number of benzene rings is 2. The summed E-state index contributed by atoms with van der Waals surface area (Å²) in [7, 11) is 0. The lowest BCUT2D eigenvalue weighted by molar-refractivity contribution is 0.233. The Morgan fingerprint density at radius 3 is 2.42 bits per heavy atom. The molecule has 0 aromatic heterocycles. The van der Waals surface area contributed by atoms with Crippen molar-refractivity contribution >= 4 is 6.08 Å². The van der Waals surface area contributed by atoms with Crippen LogP contribution < -0.4 is 10.1 Å². The van der Waals surface area contributed by atoms with Crippen molar-refractivity contribution in [3.8, 4) is 5.75 Å². The molecule has 1 aliphatic rings. The molecule has 0 unspecified atom stereocenters. The number of hydrogen-bond donors (Lipinski definition) is 1. The molecule has 1 heterocycles. The Hall–Kier alpha value is -2.10. The topological polar surface area (TPSA) is 24.5 Å². The van der Waals surface area contributed by atoms with Gasteiger partial charge in [0, 0.05) is 32.7 Å². The third kappa shape index (κ3) is 5.22. The lowest BCUT2D eigenvalue weighted by Crippen LogP contribution is -2.42. The molecule has 1 aliphatic heterocycles. The minimum Gasteiger partial charge on any atom is -0.490 e. The third-order valence-corrected chi connectivity index (χ3v) is 4.27. The van der Waals surface area contributed by atoms with Gasteiger partial charge in [-0.3, -0.25) is 4.90 Å². The predicted molar refractivity (Wildman–Crippen MR) is 100 cm³/mol. The maximum atomic E-state index is 5.71. The number of nitrogens with zero attached hydrogens (tertiary/aromatic N) is 1. The molecule has 0 aliphatic carbocycles. The van der Waals surface area contributed by atoms with Crippen molar-refractivity contribution in [2.24, 2.45) is 0 Å². The van der Waals surface area contributed by atoms with E-state index in [2.05, 4.69) is 65.7 Å². The van der Waals surface area contributed by atoms with Crippen LogP contribution in [0.2, 0.25) is 0 Å². The Balaban J connectivity index is 1.45. The lowest BCUT2D eigenvalue weighted by atomic mass is 10.1. The largest absolute Gasteiger partial charge is 0.490 e. The highest BCUT2D eigenvalue weighted by molar-refractivity contribution is 5.49. The number of aryl methyl sites for hydroxylation is 1. The van der Waals surface area contributed by atoms with Crippen LogP contribution in [0.25, 0.3) is 6.08 Å². The highest BCUT2D eigenvalue weighted by atomic mass is 16.5. The molecule has 0 bridgehead atoms. The van der Waals surface area contributed by atoms with Crippen LogP contribution in [0.1, 0.15) is 16.7 Å². The average molecular weight is 322 g/mol. The van der Waals surface area contributed by atoms with Gasteiger partial charge in [0.05, 0.1) is 0 Å². The maximum Gasteiger partial charge on any atom is 0.119 e. The number of nitrogens with one attached hydrogen (secondary N) is 1. The van der Waals surface area contributed by atoms with E-state index in [1.807, 2.05) is 12.1 Å². The van der Waals surface area contributed by atoms with Crippen LogP contribution in [0.3, 0.4) is 0 Å².